The average Bonchev–Trinajstić information content (AvgIpc) is 2.54. The van der Waals surface area contributed by atoms with E-state index in [1.165, 1.54) is 24.3 Å². The van der Waals surface area contributed by atoms with E-state index in [0.29, 0.717) is 12.1 Å². The number of nitro groups is 2. The fraction of sp³-hybridized carbons (Fsp3) is 0. The molecule has 0 radical (unpaired) electrons. The highest BCUT2D eigenvalue weighted by molar-refractivity contribution is 7.89. The molecule has 0 bridgehead atoms. The highest BCUT2D eigenvalue weighted by Crippen LogP contribution is 2.39. The van der Waals surface area contributed by atoms with Crippen LogP contribution in [0.4, 0.5) is 11.4 Å². The Hall–Kier alpha value is -3.38. The van der Waals surface area contributed by atoms with Crippen molar-refractivity contribution < 1.29 is 27.8 Å². The number of carbonyl (C=O) groups excluding carboxylic acids is 1. The maximum Gasteiger partial charge on any atom is 0.344 e. The summed E-state index contributed by atoms with van der Waals surface area (Å²) >= 11 is 0. The first-order chi connectivity index (χ1) is 11.6. The number of carbonyl (C=O) groups is 1. The van der Waals surface area contributed by atoms with E-state index in [1.807, 2.05) is 0 Å². The number of ether oxygens (including phenoxy) is 1. The molecule has 12 heteroatoms. The third-order valence-electron chi connectivity index (χ3n) is 2.95. The van der Waals surface area contributed by atoms with Crippen LogP contribution < -0.4 is 9.88 Å². The summed E-state index contributed by atoms with van der Waals surface area (Å²) in [4.78, 5) is 31.2. The molecule has 130 valence electrons. The molecule has 0 fully saturated rings. The predicted octanol–water partition coefficient (Wildman–Crippen LogP) is 1.37. The molecule has 0 aliphatic rings. The number of primary sulfonamides is 1. The van der Waals surface area contributed by atoms with Crippen molar-refractivity contribution in [3.8, 4) is 5.75 Å². The molecular weight excluding hydrogens is 358 g/mol. The second-order valence-electron chi connectivity index (χ2n) is 4.61. The van der Waals surface area contributed by atoms with Crippen LogP contribution in [0.1, 0.15) is 10.4 Å². The van der Waals surface area contributed by atoms with Crippen molar-refractivity contribution in [2.24, 2.45) is 5.14 Å². The molecule has 0 aliphatic heterocycles. The summed E-state index contributed by atoms with van der Waals surface area (Å²) in [7, 11) is -4.46. The van der Waals surface area contributed by atoms with E-state index < -0.39 is 47.9 Å². The lowest BCUT2D eigenvalue weighted by Crippen LogP contribution is -2.15. The lowest BCUT2D eigenvalue weighted by atomic mass is 10.2. The molecule has 2 aromatic rings. The van der Waals surface area contributed by atoms with Gasteiger partial charge in [-0.1, -0.05) is 18.2 Å². The summed E-state index contributed by atoms with van der Waals surface area (Å²) in [5.74, 6) is -2.08. The summed E-state index contributed by atoms with van der Waals surface area (Å²) in [6.07, 6.45) is 0. The van der Waals surface area contributed by atoms with E-state index in [9.17, 15) is 33.4 Å². The van der Waals surface area contributed by atoms with Crippen molar-refractivity contribution in [2.75, 3.05) is 0 Å². The molecule has 0 saturated heterocycles. The topological polar surface area (TPSA) is 173 Å². The molecule has 2 rings (SSSR count). The van der Waals surface area contributed by atoms with Gasteiger partial charge in [0, 0.05) is 12.1 Å². The first-order valence-electron chi connectivity index (χ1n) is 6.38. The number of esters is 1. The second-order valence-corrected chi connectivity index (χ2v) is 6.17. The first kappa shape index (κ1) is 18.0. The molecule has 0 aliphatic carbocycles. The summed E-state index contributed by atoms with van der Waals surface area (Å²) in [5, 5.41) is 27.2. The second kappa shape index (κ2) is 6.62. The Labute approximate surface area is 140 Å². The molecule has 0 atom stereocenters. The third kappa shape index (κ3) is 3.94. The van der Waals surface area contributed by atoms with Crippen molar-refractivity contribution in [2.45, 2.75) is 4.90 Å². The van der Waals surface area contributed by atoms with E-state index >= 15 is 0 Å². The van der Waals surface area contributed by atoms with Gasteiger partial charge in [0.25, 0.3) is 5.75 Å². The van der Waals surface area contributed by atoms with Gasteiger partial charge in [-0.15, -0.1) is 0 Å². The van der Waals surface area contributed by atoms with E-state index in [4.69, 9.17) is 9.88 Å². The number of sulfonamides is 1. The van der Waals surface area contributed by atoms with Gasteiger partial charge in [0.1, 0.15) is 0 Å². The van der Waals surface area contributed by atoms with Gasteiger partial charge in [-0.2, -0.15) is 0 Å². The number of nitrogens with two attached hydrogens (primary N) is 1. The number of nitrogens with zero attached hydrogens (tertiary/aromatic N) is 2. The van der Waals surface area contributed by atoms with Gasteiger partial charge >= 0.3 is 17.3 Å². The van der Waals surface area contributed by atoms with E-state index in [-0.39, 0.29) is 5.56 Å². The van der Waals surface area contributed by atoms with Crippen LogP contribution in [0.5, 0.6) is 5.75 Å². The van der Waals surface area contributed by atoms with Gasteiger partial charge in [-0.3, -0.25) is 20.2 Å². The van der Waals surface area contributed by atoms with Crippen LogP contribution in [0, 0.1) is 20.2 Å². The molecule has 25 heavy (non-hydrogen) atoms. The van der Waals surface area contributed by atoms with Crippen molar-refractivity contribution in [3.63, 3.8) is 0 Å². The Kier molecular flexibility index (Phi) is 4.76. The summed E-state index contributed by atoms with van der Waals surface area (Å²) in [6.45, 7) is 0. The number of rotatable bonds is 5. The van der Waals surface area contributed by atoms with Crippen LogP contribution in [0.3, 0.4) is 0 Å². The number of hydrogen-bond donors (Lipinski definition) is 1. The van der Waals surface area contributed by atoms with Gasteiger partial charge in [-0.25, -0.2) is 18.4 Å². The molecule has 2 N–H and O–H groups in total. The molecule has 2 aromatic carbocycles. The van der Waals surface area contributed by atoms with Gasteiger partial charge in [0.2, 0.25) is 10.0 Å². The standard InChI is InChI=1S/C13H9N3O8S/c14-25(22,23)9-6-10(15(18)19)12(11(7-9)16(20)21)24-13(17)8-4-2-1-3-5-8/h1-7H,(H2,14,22,23). The number of hydrogen-bond acceptors (Lipinski definition) is 8. The highest BCUT2D eigenvalue weighted by Gasteiger charge is 2.33. The van der Waals surface area contributed by atoms with Crippen LogP contribution >= 0.6 is 0 Å². The smallest absolute Gasteiger partial charge is 0.344 e. The molecule has 11 nitrogen and oxygen atoms in total. The van der Waals surface area contributed by atoms with Crippen LogP contribution in [-0.4, -0.2) is 24.2 Å². The van der Waals surface area contributed by atoms with E-state index in [2.05, 4.69) is 0 Å². The zero-order valence-corrected chi connectivity index (χ0v) is 13.0. The van der Waals surface area contributed by atoms with Crippen molar-refractivity contribution in [1.82, 2.24) is 0 Å². The summed E-state index contributed by atoms with van der Waals surface area (Å²) in [5.41, 5.74) is -2.17. The van der Waals surface area contributed by atoms with Crippen LogP contribution in [0.25, 0.3) is 0 Å². The molecule has 0 saturated carbocycles. The van der Waals surface area contributed by atoms with Crippen molar-refractivity contribution in [1.29, 1.82) is 0 Å². The van der Waals surface area contributed by atoms with Gasteiger partial charge in [0.15, 0.2) is 0 Å². The summed E-state index contributed by atoms with van der Waals surface area (Å²) < 4.78 is 27.5. The number of nitro benzene ring substituents is 2. The fourth-order valence-electron chi connectivity index (χ4n) is 1.84. The third-order valence-corrected chi connectivity index (χ3v) is 3.84. The minimum Gasteiger partial charge on any atom is -0.408 e. The largest absolute Gasteiger partial charge is 0.408 e. The minimum absolute atomic E-state index is 0.0124. The SMILES string of the molecule is NS(=O)(=O)c1cc([N+](=O)[O-])c(OC(=O)c2ccccc2)c([N+](=O)[O-])c1. The Bertz CT molecular complexity index is 937. The Morgan fingerprint density at radius 1 is 1.00 bits per heavy atom. The minimum atomic E-state index is -4.46. The first-order valence-corrected chi connectivity index (χ1v) is 7.92. The molecule has 0 spiro atoms. The highest BCUT2D eigenvalue weighted by atomic mass is 32.2. The number of benzene rings is 2. The maximum atomic E-state index is 12.0. The Morgan fingerprint density at radius 3 is 1.88 bits per heavy atom. The van der Waals surface area contributed by atoms with Gasteiger partial charge < -0.3 is 4.74 Å². The quantitative estimate of drug-likeness (QED) is 0.357. The normalized spacial score (nSPS) is 10.9. The Morgan fingerprint density at radius 2 is 1.48 bits per heavy atom. The molecule has 0 amide bonds. The summed E-state index contributed by atoms with van der Waals surface area (Å²) in [6, 6.07) is 8.21. The molecular formula is C13H9N3O8S. The van der Waals surface area contributed by atoms with Crippen LogP contribution in [0.15, 0.2) is 47.4 Å². The Balaban J connectivity index is 2.65. The van der Waals surface area contributed by atoms with Crippen molar-refractivity contribution in [3.05, 3.63) is 68.3 Å². The van der Waals surface area contributed by atoms with E-state index in [1.54, 1.807) is 6.07 Å². The monoisotopic (exact) mass is 367 g/mol. The average molecular weight is 367 g/mol. The van der Waals surface area contributed by atoms with Gasteiger partial charge in [0.05, 0.1) is 20.3 Å². The van der Waals surface area contributed by atoms with E-state index in [0.717, 1.165) is 0 Å². The molecule has 0 aromatic heterocycles. The zero-order chi connectivity index (χ0) is 18.8. The molecule has 0 unspecified atom stereocenters. The lowest BCUT2D eigenvalue weighted by molar-refractivity contribution is -0.395. The predicted molar refractivity (Wildman–Crippen MR) is 82.5 cm³/mol. The maximum absolute atomic E-state index is 12.0. The zero-order valence-electron chi connectivity index (χ0n) is 12.2. The van der Waals surface area contributed by atoms with Crippen LogP contribution in [0.2, 0.25) is 0 Å². The van der Waals surface area contributed by atoms with Crippen LogP contribution in [-0.2, 0) is 10.0 Å². The van der Waals surface area contributed by atoms with Crippen molar-refractivity contribution >= 4 is 27.4 Å². The fourth-order valence-corrected chi connectivity index (χ4v) is 2.39. The lowest BCUT2D eigenvalue weighted by Gasteiger charge is -2.07. The molecule has 0 heterocycles. The van der Waals surface area contributed by atoms with Gasteiger partial charge in [-0.05, 0) is 12.1 Å².